The zero-order valence-electron chi connectivity index (χ0n) is 10.2. The predicted octanol–water partition coefficient (Wildman–Crippen LogP) is 2.30. The molecule has 4 heteroatoms. The molecule has 0 aliphatic carbocycles. The van der Waals surface area contributed by atoms with Crippen molar-refractivity contribution >= 4 is 11.6 Å². The lowest BCUT2D eigenvalue weighted by atomic mass is 10.1. The lowest BCUT2D eigenvalue weighted by molar-refractivity contribution is 0.0993. The third-order valence-electron chi connectivity index (χ3n) is 2.64. The van der Waals surface area contributed by atoms with Crippen LogP contribution in [0.1, 0.15) is 21.5 Å². The molecule has 1 amide bonds. The molecule has 1 aromatic carbocycles. The fourth-order valence-corrected chi connectivity index (χ4v) is 1.82. The number of aryl methyl sites for hydroxylation is 2. The van der Waals surface area contributed by atoms with Gasteiger partial charge in [-0.05, 0) is 37.1 Å². The average Bonchev–Trinajstić information content (AvgIpc) is 2.79. The molecule has 1 heterocycles. The molecule has 4 nitrogen and oxygen atoms in total. The van der Waals surface area contributed by atoms with Crippen LogP contribution in [0.2, 0.25) is 0 Å². The average molecular weight is 229 g/mol. The van der Waals surface area contributed by atoms with Gasteiger partial charge in [0.25, 0.3) is 5.91 Å². The topological polar surface area (TPSA) is 49.0 Å². The normalized spacial score (nSPS) is 10.3. The van der Waals surface area contributed by atoms with E-state index >= 15 is 0 Å². The first-order chi connectivity index (χ1) is 8.08. The molecule has 0 bridgehead atoms. The van der Waals surface area contributed by atoms with Gasteiger partial charge < -0.3 is 4.90 Å². The first-order valence-corrected chi connectivity index (χ1v) is 5.43. The maximum atomic E-state index is 12.1. The van der Waals surface area contributed by atoms with Crippen LogP contribution in [0.25, 0.3) is 0 Å². The number of carbonyl (C=O) groups excluding carboxylic acids is 1. The summed E-state index contributed by atoms with van der Waals surface area (Å²) < 4.78 is 0. The van der Waals surface area contributed by atoms with Crippen molar-refractivity contribution in [2.45, 2.75) is 13.8 Å². The Bertz CT molecular complexity index is 511. The number of hydrogen-bond donors (Lipinski definition) is 1. The zero-order valence-corrected chi connectivity index (χ0v) is 10.2. The number of amides is 1. The smallest absolute Gasteiger partial charge is 0.261 e. The highest BCUT2D eigenvalue weighted by molar-refractivity contribution is 6.05. The molecule has 0 atom stereocenters. The van der Waals surface area contributed by atoms with Gasteiger partial charge in [0.2, 0.25) is 0 Å². The Morgan fingerprint density at radius 1 is 1.24 bits per heavy atom. The van der Waals surface area contributed by atoms with Gasteiger partial charge in [-0.15, -0.1) is 0 Å². The summed E-state index contributed by atoms with van der Waals surface area (Å²) in [6.45, 7) is 4.04. The summed E-state index contributed by atoms with van der Waals surface area (Å²) in [5, 5.41) is 6.42. The number of aromatic nitrogens is 2. The quantitative estimate of drug-likeness (QED) is 0.859. The van der Waals surface area contributed by atoms with Crippen molar-refractivity contribution in [3.63, 3.8) is 0 Å². The summed E-state index contributed by atoms with van der Waals surface area (Å²) >= 11 is 0. The van der Waals surface area contributed by atoms with Gasteiger partial charge in [0.05, 0.1) is 11.8 Å². The number of carbonyl (C=O) groups is 1. The second-order valence-electron chi connectivity index (χ2n) is 4.20. The second-order valence-corrected chi connectivity index (χ2v) is 4.20. The number of aromatic amines is 1. The van der Waals surface area contributed by atoms with Crippen LogP contribution in [0.5, 0.6) is 0 Å². The lowest BCUT2D eigenvalue weighted by Gasteiger charge is -2.17. The van der Waals surface area contributed by atoms with Gasteiger partial charge in [0, 0.05) is 18.9 Å². The Kier molecular flexibility index (Phi) is 2.95. The fourth-order valence-electron chi connectivity index (χ4n) is 1.82. The molecule has 0 aliphatic rings. The van der Waals surface area contributed by atoms with Crippen LogP contribution in [-0.4, -0.2) is 23.2 Å². The van der Waals surface area contributed by atoms with E-state index in [2.05, 4.69) is 16.3 Å². The molecule has 0 saturated heterocycles. The number of benzene rings is 1. The van der Waals surface area contributed by atoms with Crippen LogP contribution in [-0.2, 0) is 0 Å². The molecule has 88 valence electrons. The Labute approximate surface area is 100 Å². The van der Waals surface area contributed by atoms with Crippen LogP contribution in [0, 0.1) is 13.8 Å². The van der Waals surface area contributed by atoms with Crippen LogP contribution in [0.4, 0.5) is 5.69 Å². The molecule has 0 aliphatic heterocycles. The summed E-state index contributed by atoms with van der Waals surface area (Å²) in [7, 11) is 1.77. The summed E-state index contributed by atoms with van der Waals surface area (Å²) in [5.74, 6) is -0.0660. The van der Waals surface area contributed by atoms with E-state index in [1.54, 1.807) is 18.1 Å². The highest BCUT2D eigenvalue weighted by Gasteiger charge is 2.14. The van der Waals surface area contributed by atoms with Crippen LogP contribution in [0.3, 0.4) is 0 Å². The molecular weight excluding hydrogens is 214 g/mol. The van der Waals surface area contributed by atoms with Crippen molar-refractivity contribution in [3.8, 4) is 0 Å². The zero-order chi connectivity index (χ0) is 12.4. The van der Waals surface area contributed by atoms with Crippen LogP contribution in [0.15, 0.2) is 30.6 Å². The number of rotatable bonds is 2. The van der Waals surface area contributed by atoms with Crippen LogP contribution >= 0.6 is 0 Å². The molecule has 0 spiro atoms. The molecule has 1 aromatic heterocycles. The van der Waals surface area contributed by atoms with E-state index in [0.29, 0.717) is 5.56 Å². The lowest BCUT2D eigenvalue weighted by Crippen LogP contribution is -2.25. The molecule has 1 N–H and O–H groups in total. The highest BCUT2D eigenvalue weighted by atomic mass is 16.2. The summed E-state index contributed by atoms with van der Waals surface area (Å²) in [6.07, 6.45) is 3.13. The van der Waals surface area contributed by atoms with Crippen LogP contribution < -0.4 is 4.90 Å². The molecule has 0 saturated carbocycles. The van der Waals surface area contributed by atoms with Gasteiger partial charge in [-0.2, -0.15) is 5.10 Å². The Morgan fingerprint density at radius 3 is 2.41 bits per heavy atom. The molecule has 0 fully saturated rings. The third-order valence-corrected chi connectivity index (χ3v) is 2.64. The van der Waals surface area contributed by atoms with Gasteiger partial charge in [0.1, 0.15) is 0 Å². The Hall–Kier alpha value is -2.10. The van der Waals surface area contributed by atoms with E-state index in [4.69, 9.17) is 0 Å². The maximum Gasteiger partial charge on any atom is 0.261 e. The molecule has 0 radical (unpaired) electrons. The summed E-state index contributed by atoms with van der Waals surface area (Å²) in [4.78, 5) is 13.7. The molecule has 17 heavy (non-hydrogen) atoms. The van der Waals surface area contributed by atoms with E-state index in [1.807, 2.05) is 26.0 Å². The Morgan fingerprint density at radius 2 is 1.88 bits per heavy atom. The molecule has 0 unspecified atom stereocenters. The van der Waals surface area contributed by atoms with Gasteiger partial charge in [0.15, 0.2) is 0 Å². The first kappa shape index (κ1) is 11.4. The van der Waals surface area contributed by atoms with Crippen molar-refractivity contribution in [2.75, 3.05) is 11.9 Å². The van der Waals surface area contributed by atoms with E-state index in [9.17, 15) is 4.79 Å². The Balaban J connectivity index is 2.31. The van der Waals surface area contributed by atoms with Crippen molar-refractivity contribution in [1.82, 2.24) is 10.2 Å². The summed E-state index contributed by atoms with van der Waals surface area (Å²) in [6, 6.07) is 6.07. The SMILES string of the molecule is Cc1cc(C)cc(N(C)C(=O)c2cn[nH]c2)c1. The predicted molar refractivity (Wildman–Crippen MR) is 67.2 cm³/mol. The number of anilines is 1. The van der Waals surface area contributed by atoms with Crippen molar-refractivity contribution < 1.29 is 4.79 Å². The monoisotopic (exact) mass is 229 g/mol. The molecule has 2 aromatic rings. The van der Waals surface area contributed by atoms with E-state index in [0.717, 1.165) is 16.8 Å². The highest BCUT2D eigenvalue weighted by Crippen LogP contribution is 2.19. The van der Waals surface area contributed by atoms with Gasteiger partial charge in [-0.25, -0.2) is 0 Å². The number of hydrogen-bond acceptors (Lipinski definition) is 2. The maximum absolute atomic E-state index is 12.1. The minimum absolute atomic E-state index is 0.0660. The number of nitrogens with zero attached hydrogens (tertiary/aromatic N) is 2. The minimum atomic E-state index is -0.0660. The van der Waals surface area contributed by atoms with Gasteiger partial charge in [-0.1, -0.05) is 6.07 Å². The number of nitrogens with one attached hydrogen (secondary N) is 1. The van der Waals surface area contributed by atoms with E-state index in [-0.39, 0.29) is 5.91 Å². The van der Waals surface area contributed by atoms with Crippen molar-refractivity contribution in [1.29, 1.82) is 0 Å². The van der Waals surface area contributed by atoms with E-state index in [1.165, 1.54) is 6.20 Å². The summed E-state index contributed by atoms with van der Waals surface area (Å²) in [5.41, 5.74) is 3.75. The molecule has 2 rings (SSSR count). The number of H-pyrrole nitrogens is 1. The van der Waals surface area contributed by atoms with Gasteiger partial charge >= 0.3 is 0 Å². The van der Waals surface area contributed by atoms with Gasteiger partial charge in [-0.3, -0.25) is 9.89 Å². The van der Waals surface area contributed by atoms with Crippen molar-refractivity contribution in [2.24, 2.45) is 0 Å². The largest absolute Gasteiger partial charge is 0.311 e. The molecular formula is C13H15N3O. The second kappa shape index (κ2) is 4.41. The van der Waals surface area contributed by atoms with Crippen molar-refractivity contribution in [3.05, 3.63) is 47.3 Å². The first-order valence-electron chi connectivity index (χ1n) is 5.43. The fraction of sp³-hybridized carbons (Fsp3) is 0.231. The minimum Gasteiger partial charge on any atom is -0.311 e. The standard InChI is InChI=1S/C13H15N3O/c1-9-4-10(2)6-12(5-9)16(3)13(17)11-7-14-15-8-11/h4-8H,1-3H3,(H,14,15). The third kappa shape index (κ3) is 2.36. The van der Waals surface area contributed by atoms with E-state index < -0.39 is 0 Å².